The van der Waals surface area contributed by atoms with Gasteiger partial charge in [0.15, 0.2) is 0 Å². The molecule has 0 aromatic heterocycles. The Balaban J connectivity index is 2.28. The Hall–Kier alpha value is -2.34. The molecule has 3 rings (SSSR count). The first-order chi connectivity index (χ1) is 12.5. The van der Waals surface area contributed by atoms with Crippen molar-refractivity contribution >= 4 is 34.9 Å². The van der Waals surface area contributed by atoms with E-state index in [1.54, 1.807) is 43.3 Å². The van der Waals surface area contributed by atoms with Gasteiger partial charge in [0.05, 0.1) is 29.9 Å². The summed E-state index contributed by atoms with van der Waals surface area (Å²) in [7, 11) is 0. The van der Waals surface area contributed by atoms with Crippen LogP contribution in [0.3, 0.4) is 0 Å². The van der Waals surface area contributed by atoms with Crippen LogP contribution in [0.5, 0.6) is 0 Å². The minimum Gasteiger partial charge on any atom is -0.463 e. The van der Waals surface area contributed by atoms with Crippen LogP contribution in [-0.4, -0.2) is 29.4 Å². The molecule has 2 aromatic rings. The summed E-state index contributed by atoms with van der Waals surface area (Å²) in [5, 5.41) is 13.9. The molecule has 1 aliphatic heterocycles. The van der Waals surface area contributed by atoms with E-state index in [2.05, 4.69) is 4.99 Å². The van der Waals surface area contributed by atoms with Gasteiger partial charge < -0.3 is 4.74 Å². The monoisotopic (exact) mass is 390 g/mol. The SMILES string of the molecule is CCOC(=O)C=C1CN(O)C(c2ccccc2Cl)=c2cc(Cl)ccc2=N1. The number of halogens is 2. The third-order valence-electron chi connectivity index (χ3n) is 3.75. The second-order valence-electron chi connectivity index (χ2n) is 5.55. The molecule has 0 unspecified atom stereocenters. The van der Waals surface area contributed by atoms with Gasteiger partial charge in [0.1, 0.15) is 0 Å². The van der Waals surface area contributed by atoms with Crippen molar-refractivity contribution in [3.63, 3.8) is 0 Å². The summed E-state index contributed by atoms with van der Waals surface area (Å²) in [5.41, 5.74) is 1.45. The average molecular weight is 391 g/mol. The number of hydrogen-bond acceptors (Lipinski definition) is 5. The van der Waals surface area contributed by atoms with Gasteiger partial charge in [-0.2, -0.15) is 0 Å². The molecule has 5 nitrogen and oxygen atoms in total. The van der Waals surface area contributed by atoms with Crippen LogP contribution in [0.2, 0.25) is 10.0 Å². The molecular formula is C19H16Cl2N2O3. The number of hydrogen-bond donors (Lipinski definition) is 1. The van der Waals surface area contributed by atoms with E-state index in [1.165, 1.54) is 6.08 Å². The number of carbonyl (C=O) groups excluding carboxylic acids is 1. The zero-order valence-electron chi connectivity index (χ0n) is 13.9. The van der Waals surface area contributed by atoms with Gasteiger partial charge in [-0.25, -0.2) is 9.86 Å². The van der Waals surface area contributed by atoms with E-state index < -0.39 is 5.97 Å². The molecule has 0 saturated heterocycles. The zero-order chi connectivity index (χ0) is 18.7. The first-order valence-corrected chi connectivity index (χ1v) is 8.72. The standard InChI is InChI=1S/C19H16Cl2N2O3/c1-2-26-18(24)10-13-11-23(25)19(14-5-3-4-6-16(14)21)15-9-12(20)7-8-17(15)22-13/h3-10,25H,2,11H2,1H3. The van der Waals surface area contributed by atoms with Crippen molar-refractivity contribution in [2.45, 2.75) is 6.92 Å². The smallest absolute Gasteiger partial charge is 0.332 e. The van der Waals surface area contributed by atoms with E-state index in [0.29, 0.717) is 37.6 Å². The molecule has 0 atom stereocenters. The lowest BCUT2D eigenvalue weighted by Gasteiger charge is -2.20. The minimum atomic E-state index is -0.517. The molecule has 0 spiro atoms. The van der Waals surface area contributed by atoms with Crippen LogP contribution < -0.4 is 10.6 Å². The van der Waals surface area contributed by atoms with E-state index in [0.717, 1.165) is 5.06 Å². The van der Waals surface area contributed by atoms with Crippen LogP contribution in [0, 0.1) is 0 Å². The molecule has 1 N–H and O–H groups in total. The molecule has 1 heterocycles. The molecule has 134 valence electrons. The fourth-order valence-electron chi connectivity index (χ4n) is 2.69. The largest absolute Gasteiger partial charge is 0.463 e. The summed E-state index contributed by atoms with van der Waals surface area (Å²) >= 11 is 12.5. The molecule has 1 aliphatic rings. The number of carbonyl (C=O) groups is 1. The predicted octanol–water partition coefficient (Wildman–Crippen LogP) is 2.92. The van der Waals surface area contributed by atoms with Gasteiger partial charge in [-0.05, 0) is 31.2 Å². The topological polar surface area (TPSA) is 62.1 Å². The summed E-state index contributed by atoms with van der Waals surface area (Å²) in [6.07, 6.45) is 1.26. The second kappa shape index (κ2) is 7.91. The van der Waals surface area contributed by atoms with E-state index >= 15 is 0 Å². The van der Waals surface area contributed by atoms with Crippen LogP contribution in [-0.2, 0) is 9.53 Å². The molecule has 26 heavy (non-hydrogen) atoms. The Kier molecular flexibility index (Phi) is 5.61. The van der Waals surface area contributed by atoms with Crippen LogP contribution in [0.4, 0.5) is 0 Å². The van der Waals surface area contributed by atoms with E-state index in [-0.39, 0.29) is 13.2 Å². The molecule has 0 saturated carbocycles. The summed E-state index contributed by atoms with van der Waals surface area (Å²) in [5.74, 6) is -0.517. The van der Waals surface area contributed by atoms with Gasteiger partial charge in [0, 0.05) is 26.9 Å². The normalized spacial score (nSPS) is 15.3. The summed E-state index contributed by atoms with van der Waals surface area (Å²) < 4.78 is 4.93. The fraction of sp³-hybridized carbons (Fsp3) is 0.158. The maximum Gasteiger partial charge on any atom is 0.332 e. The highest BCUT2D eigenvalue weighted by atomic mass is 35.5. The number of ether oxygens (including phenoxy) is 1. The van der Waals surface area contributed by atoms with Crippen molar-refractivity contribution < 1.29 is 14.7 Å². The van der Waals surface area contributed by atoms with Crippen molar-refractivity contribution in [1.82, 2.24) is 5.06 Å². The molecule has 0 radical (unpaired) electrons. The lowest BCUT2D eigenvalue weighted by molar-refractivity contribution is -0.137. The number of rotatable bonds is 3. The quantitative estimate of drug-likeness (QED) is 0.646. The lowest BCUT2D eigenvalue weighted by atomic mass is 10.1. The van der Waals surface area contributed by atoms with Crippen LogP contribution >= 0.6 is 23.2 Å². The third kappa shape index (κ3) is 3.90. The van der Waals surface area contributed by atoms with E-state index in [4.69, 9.17) is 27.9 Å². The molecule has 0 bridgehead atoms. The Labute approximate surface area is 160 Å². The van der Waals surface area contributed by atoms with E-state index in [1.807, 2.05) is 6.07 Å². The third-order valence-corrected chi connectivity index (χ3v) is 4.31. The Morgan fingerprint density at radius 2 is 2.08 bits per heavy atom. The van der Waals surface area contributed by atoms with Crippen molar-refractivity contribution in [3.8, 4) is 0 Å². The Morgan fingerprint density at radius 1 is 1.31 bits per heavy atom. The van der Waals surface area contributed by atoms with Gasteiger partial charge in [0.25, 0.3) is 0 Å². The van der Waals surface area contributed by atoms with Gasteiger partial charge in [-0.3, -0.25) is 10.2 Å². The van der Waals surface area contributed by atoms with Gasteiger partial charge in [0.2, 0.25) is 0 Å². The maximum atomic E-state index is 11.8. The van der Waals surface area contributed by atoms with Crippen LogP contribution in [0.25, 0.3) is 5.70 Å². The molecule has 7 heteroatoms. The summed E-state index contributed by atoms with van der Waals surface area (Å²) in [4.78, 5) is 16.3. The minimum absolute atomic E-state index is 0.00826. The average Bonchev–Trinajstić information content (AvgIpc) is 2.71. The van der Waals surface area contributed by atoms with Crippen LogP contribution in [0.15, 0.2) is 59.2 Å². The van der Waals surface area contributed by atoms with Crippen molar-refractivity contribution in [1.29, 1.82) is 0 Å². The molecule has 0 amide bonds. The highest BCUT2D eigenvalue weighted by molar-refractivity contribution is 6.32. The van der Waals surface area contributed by atoms with Gasteiger partial charge in [-0.15, -0.1) is 0 Å². The van der Waals surface area contributed by atoms with Crippen molar-refractivity contribution in [3.05, 3.63) is 80.4 Å². The Morgan fingerprint density at radius 3 is 2.81 bits per heavy atom. The number of esters is 1. The number of hydroxylamine groups is 2. The molecular weight excluding hydrogens is 375 g/mol. The number of fused-ring (bicyclic) bond motifs is 1. The van der Waals surface area contributed by atoms with Crippen molar-refractivity contribution in [2.24, 2.45) is 4.99 Å². The van der Waals surface area contributed by atoms with E-state index in [9.17, 15) is 10.0 Å². The highest BCUT2D eigenvalue weighted by Crippen LogP contribution is 2.25. The summed E-state index contributed by atoms with van der Waals surface area (Å²) in [6.45, 7) is 1.97. The highest BCUT2D eigenvalue weighted by Gasteiger charge is 2.19. The second-order valence-corrected chi connectivity index (χ2v) is 6.39. The molecule has 0 aliphatic carbocycles. The lowest BCUT2D eigenvalue weighted by Crippen LogP contribution is -2.31. The Bertz CT molecular complexity index is 1000. The zero-order valence-corrected chi connectivity index (χ0v) is 15.5. The summed E-state index contributed by atoms with van der Waals surface area (Å²) in [6, 6.07) is 12.3. The van der Waals surface area contributed by atoms with Gasteiger partial charge in [-0.1, -0.05) is 41.4 Å². The first kappa shape index (κ1) is 18.5. The molecule has 2 aromatic carbocycles. The predicted molar refractivity (Wildman–Crippen MR) is 99.4 cm³/mol. The maximum absolute atomic E-state index is 11.8. The first-order valence-electron chi connectivity index (χ1n) is 7.97. The van der Waals surface area contributed by atoms with Crippen molar-refractivity contribution in [2.75, 3.05) is 13.2 Å². The fourth-order valence-corrected chi connectivity index (χ4v) is 3.09. The van der Waals surface area contributed by atoms with Crippen LogP contribution in [0.1, 0.15) is 12.5 Å². The molecule has 0 fully saturated rings. The number of nitrogens with zero attached hydrogens (tertiary/aromatic N) is 2. The van der Waals surface area contributed by atoms with Gasteiger partial charge >= 0.3 is 5.97 Å². The number of benzene rings is 2.